The van der Waals surface area contributed by atoms with E-state index in [-0.39, 0.29) is 68.3 Å². The largest absolute Gasteiger partial charge is 0.435 e. The molecule has 2 saturated heterocycles. The molecule has 16 heteroatoms. The molecule has 2 amide bonds. The van der Waals surface area contributed by atoms with Crippen LogP contribution >= 0.6 is 0 Å². The molecule has 0 radical (unpaired) electrons. The van der Waals surface area contributed by atoms with E-state index in [1.807, 2.05) is 6.07 Å². The van der Waals surface area contributed by atoms with Crippen molar-refractivity contribution in [2.24, 2.45) is 0 Å². The summed E-state index contributed by atoms with van der Waals surface area (Å²) in [5, 5.41) is 9.09. The summed E-state index contributed by atoms with van der Waals surface area (Å²) in [5.41, 5.74) is -6.98. The fourth-order valence-electron chi connectivity index (χ4n) is 7.58. The van der Waals surface area contributed by atoms with Gasteiger partial charge in [0, 0.05) is 25.1 Å². The Labute approximate surface area is 281 Å². The first kappa shape index (κ1) is 35.3. The second kappa shape index (κ2) is 12.1. The Morgan fingerprint density at radius 1 is 0.900 bits per heavy atom. The van der Waals surface area contributed by atoms with Gasteiger partial charge in [0.1, 0.15) is 16.6 Å². The van der Waals surface area contributed by atoms with E-state index < -0.39 is 66.9 Å². The number of halogens is 8. The molecule has 3 atom stereocenters. The van der Waals surface area contributed by atoms with Gasteiger partial charge in [-0.05, 0) is 78.8 Å². The van der Waals surface area contributed by atoms with Crippen LogP contribution in [0.1, 0.15) is 53.5 Å². The van der Waals surface area contributed by atoms with Crippen LogP contribution in [0, 0.1) is 17.1 Å². The number of carbonyl (C=O) groups excluding carboxylic acids is 2. The Kier molecular flexibility index (Phi) is 8.52. The van der Waals surface area contributed by atoms with E-state index in [1.165, 1.54) is 9.80 Å². The molecular formula is C34H27F8N3O4S. The van der Waals surface area contributed by atoms with Crippen LogP contribution < -0.4 is 0 Å². The van der Waals surface area contributed by atoms with Crippen LogP contribution in [0.5, 0.6) is 0 Å². The van der Waals surface area contributed by atoms with Gasteiger partial charge in [-0.25, -0.2) is 17.2 Å². The van der Waals surface area contributed by atoms with Gasteiger partial charge in [-0.3, -0.25) is 9.59 Å². The summed E-state index contributed by atoms with van der Waals surface area (Å²) in [6, 6.07) is 11.2. The van der Waals surface area contributed by atoms with Gasteiger partial charge >= 0.3 is 18.0 Å². The number of benzene rings is 3. The average molecular weight is 726 g/mol. The normalized spacial score (nSPS) is 22.7. The smallest absolute Gasteiger partial charge is 0.336 e. The predicted octanol–water partition coefficient (Wildman–Crippen LogP) is 6.39. The summed E-state index contributed by atoms with van der Waals surface area (Å²) in [4.78, 5) is 29.4. The summed E-state index contributed by atoms with van der Waals surface area (Å²) in [6.07, 6.45) is -13.6. The van der Waals surface area contributed by atoms with E-state index in [9.17, 15) is 48.7 Å². The number of sulfone groups is 1. The van der Waals surface area contributed by atoms with Gasteiger partial charge in [-0.2, -0.15) is 31.6 Å². The third-order valence-electron chi connectivity index (χ3n) is 10.0. The molecule has 3 aromatic carbocycles. The zero-order valence-electron chi connectivity index (χ0n) is 25.9. The van der Waals surface area contributed by atoms with Crippen molar-refractivity contribution in [1.82, 2.24) is 9.80 Å². The zero-order chi connectivity index (χ0) is 36.4. The number of hydrogen-bond acceptors (Lipinski definition) is 5. The third-order valence-corrected chi connectivity index (χ3v) is 12.5. The van der Waals surface area contributed by atoms with Crippen LogP contribution in [-0.4, -0.2) is 61.0 Å². The molecule has 2 fully saturated rings. The van der Waals surface area contributed by atoms with E-state index in [0.29, 0.717) is 17.2 Å². The maximum absolute atomic E-state index is 15.1. The Hall–Kier alpha value is -4.52. The number of likely N-dealkylation sites (tertiary alicyclic amines) is 2. The van der Waals surface area contributed by atoms with Gasteiger partial charge in [0.2, 0.25) is 11.8 Å². The van der Waals surface area contributed by atoms with E-state index in [4.69, 9.17) is 5.26 Å². The molecule has 50 heavy (non-hydrogen) atoms. The standard InChI is InChI=1S/C34H27F8N3O4S/c35-24-7-9-25(10-8-24)50(48,49)31-15-16-44(30(47)27-12-14-29(46)45(27)19-21-3-1-20(18-43)2-4-21)28(31)13-5-22-17-23(6-11-26(22)31)32(36,33(37,38)39)34(40,41)42/h1-4,6-11,17,27-28H,5,12-16,19H2/t27-,28-,31-/m1/s1. The maximum Gasteiger partial charge on any atom is 0.435 e. The molecule has 1 aliphatic carbocycles. The molecule has 0 saturated carbocycles. The Morgan fingerprint density at radius 3 is 2.14 bits per heavy atom. The van der Waals surface area contributed by atoms with Crippen molar-refractivity contribution in [2.75, 3.05) is 6.54 Å². The minimum atomic E-state index is -6.40. The fourth-order valence-corrected chi connectivity index (χ4v) is 9.95. The molecule has 264 valence electrons. The van der Waals surface area contributed by atoms with Gasteiger partial charge < -0.3 is 9.80 Å². The third kappa shape index (κ3) is 5.32. The second-order valence-electron chi connectivity index (χ2n) is 12.6. The number of aryl methyl sites for hydroxylation is 1. The summed E-state index contributed by atoms with van der Waals surface area (Å²) in [7, 11) is -4.67. The molecule has 0 aromatic heterocycles. The molecule has 0 N–H and O–H groups in total. The highest BCUT2D eigenvalue weighted by Crippen LogP contribution is 2.57. The first-order valence-electron chi connectivity index (χ1n) is 15.4. The monoisotopic (exact) mass is 725 g/mol. The van der Waals surface area contributed by atoms with Crippen molar-refractivity contribution < 1.29 is 53.1 Å². The SMILES string of the molecule is N#Cc1ccc(CN2C(=O)CC[C@@H]2C(=O)N2CC[C@@]3(S(=O)(=O)c4ccc(F)cc4)c4ccc(C(F)(C(F)(F)F)C(F)(F)F)cc4CC[C@@H]23)cc1. The molecule has 0 spiro atoms. The lowest BCUT2D eigenvalue weighted by molar-refractivity contribution is -0.348. The minimum Gasteiger partial charge on any atom is -0.336 e. The highest BCUT2D eigenvalue weighted by molar-refractivity contribution is 7.92. The molecule has 0 unspecified atom stereocenters. The van der Waals surface area contributed by atoms with Crippen molar-refractivity contribution in [1.29, 1.82) is 5.26 Å². The first-order valence-corrected chi connectivity index (χ1v) is 16.9. The molecule has 3 aliphatic rings. The van der Waals surface area contributed by atoms with E-state index in [0.717, 1.165) is 30.3 Å². The summed E-state index contributed by atoms with van der Waals surface area (Å²) in [5.74, 6) is -1.72. The number of amides is 2. The summed E-state index contributed by atoms with van der Waals surface area (Å²) < 4.78 is 138. The lowest BCUT2D eigenvalue weighted by Gasteiger charge is -2.43. The van der Waals surface area contributed by atoms with Crippen molar-refractivity contribution in [3.8, 4) is 6.07 Å². The highest BCUT2D eigenvalue weighted by atomic mass is 32.2. The van der Waals surface area contributed by atoms with Crippen LogP contribution in [0.4, 0.5) is 35.1 Å². The van der Waals surface area contributed by atoms with Gasteiger partial charge in [0.25, 0.3) is 0 Å². The highest BCUT2D eigenvalue weighted by Gasteiger charge is 2.74. The van der Waals surface area contributed by atoms with Crippen LogP contribution in [0.25, 0.3) is 0 Å². The van der Waals surface area contributed by atoms with Crippen molar-refractivity contribution in [2.45, 2.75) is 78.4 Å². The number of nitrogens with zero attached hydrogens (tertiary/aromatic N) is 3. The van der Waals surface area contributed by atoms with Crippen LogP contribution in [0.15, 0.2) is 71.6 Å². The van der Waals surface area contributed by atoms with Crippen molar-refractivity contribution >= 4 is 21.7 Å². The van der Waals surface area contributed by atoms with Crippen LogP contribution in [-0.2, 0) is 42.8 Å². The number of nitriles is 1. The Bertz CT molecular complexity index is 1980. The molecule has 0 bridgehead atoms. The van der Waals surface area contributed by atoms with Gasteiger partial charge in [-0.1, -0.05) is 30.3 Å². The Morgan fingerprint density at radius 2 is 1.54 bits per heavy atom. The molecule has 2 heterocycles. The van der Waals surface area contributed by atoms with Crippen LogP contribution in [0.2, 0.25) is 0 Å². The Balaban J connectivity index is 1.43. The number of alkyl halides is 7. The number of fused-ring (bicyclic) bond motifs is 3. The minimum absolute atomic E-state index is 0.00742. The number of carbonyl (C=O) groups is 2. The first-order chi connectivity index (χ1) is 23.4. The molecular weight excluding hydrogens is 698 g/mol. The zero-order valence-corrected chi connectivity index (χ0v) is 26.7. The molecule has 2 aliphatic heterocycles. The summed E-state index contributed by atoms with van der Waals surface area (Å²) >= 11 is 0. The lowest BCUT2D eigenvalue weighted by atomic mass is 9.76. The van der Waals surface area contributed by atoms with Gasteiger partial charge in [0.15, 0.2) is 9.84 Å². The molecule has 3 aromatic rings. The summed E-state index contributed by atoms with van der Waals surface area (Å²) in [6.45, 7) is -0.202. The van der Waals surface area contributed by atoms with E-state index in [1.54, 1.807) is 24.3 Å². The maximum atomic E-state index is 15.1. The topological polar surface area (TPSA) is 98.5 Å². The second-order valence-corrected chi connectivity index (χ2v) is 14.8. The van der Waals surface area contributed by atoms with E-state index in [2.05, 4.69) is 0 Å². The fraction of sp³-hybridized carbons (Fsp3) is 0.382. The van der Waals surface area contributed by atoms with Crippen molar-refractivity contribution in [3.05, 3.63) is 100 Å². The quantitative estimate of drug-likeness (QED) is 0.217. The number of hydrogen-bond donors (Lipinski definition) is 0. The van der Waals surface area contributed by atoms with Gasteiger partial charge in [0.05, 0.1) is 22.6 Å². The molecule has 6 rings (SSSR count). The van der Waals surface area contributed by atoms with Crippen LogP contribution in [0.3, 0.4) is 0 Å². The average Bonchev–Trinajstić information content (AvgIpc) is 3.65. The number of rotatable bonds is 6. The molecule has 7 nitrogen and oxygen atoms in total. The van der Waals surface area contributed by atoms with Gasteiger partial charge in [-0.15, -0.1) is 0 Å². The lowest BCUT2D eigenvalue weighted by Crippen LogP contribution is -2.55. The van der Waals surface area contributed by atoms with Crippen molar-refractivity contribution in [3.63, 3.8) is 0 Å². The van der Waals surface area contributed by atoms with E-state index >= 15 is 4.39 Å². The predicted molar refractivity (Wildman–Crippen MR) is 160 cm³/mol.